The highest BCUT2D eigenvalue weighted by Gasteiger charge is 2.08. The van der Waals surface area contributed by atoms with Gasteiger partial charge >= 0.3 is 0 Å². The molecule has 0 aliphatic rings. The summed E-state index contributed by atoms with van der Waals surface area (Å²) in [6.07, 6.45) is 0. The van der Waals surface area contributed by atoms with Crippen molar-refractivity contribution in [1.29, 1.82) is 0 Å². The predicted molar refractivity (Wildman–Crippen MR) is 62.7 cm³/mol. The minimum atomic E-state index is -1.01. The number of pyridine rings is 1. The molecule has 0 radical (unpaired) electrons. The average Bonchev–Trinajstić information content (AvgIpc) is 2.41. The molecule has 0 aliphatic carbocycles. The minimum absolute atomic E-state index is 0.0237. The van der Waals surface area contributed by atoms with Gasteiger partial charge in [0.1, 0.15) is 12.4 Å². The van der Waals surface area contributed by atoms with Gasteiger partial charge in [-0.25, -0.2) is 15.2 Å². The molecule has 18 heavy (non-hydrogen) atoms. The molecule has 0 fully saturated rings. The molecule has 3 N–H and O–H groups in total. The van der Waals surface area contributed by atoms with E-state index >= 15 is 0 Å². The molecular formula is C12H11F2N3O. The van der Waals surface area contributed by atoms with E-state index in [2.05, 4.69) is 10.4 Å². The second-order valence-corrected chi connectivity index (χ2v) is 3.50. The highest BCUT2D eigenvalue weighted by Crippen LogP contribution is 2.20. The molecule has 0 bridgehead atoms. The van der Waals surface area contributed by atoms with E-state index in [1.54, 1.807) is 18.2 Å². The molecule has 0 saturated heterocycles. The molecule has 1 aromatic carbocycles. The summed E-state index contributed by atoms with van der Waals surface area (Å²) in [4.78, 5) is 4.08. The van der Waals surface area contributed by atoms with Crippen LogP contribution in [0.1, 0.15) is 5.69 Å². The molecule has 6 heteroatoms. The van der Waals surface area contributed by atoms with E-state index in [0.717, 1.165) is 6.07 Å². The molecule has 0 saturated carbocycles. The van der Waals surface area contributed by atoms with Crippen LogP contribution >= 0.6 is 0 Å². The molecule has 0 spiro atoms. The number of anilines is 1. The van der Waals surface area contributed by atoms with Crippen molar-refractivity contribution in [3.8, 4) is 5.75 Å². The van der Waals surface area contributed by atoms with Gasteiger partial charge in [-0.05, 0) is 24.3 Å². The number of ether oxygens (including phenoxy) is 1. The van der Waals surface area contributed by atoms with Gasteiger partial charge in [-0.1, -0.05) is 12.1 Å². The Bertz CT molecular complexity index is 549. The van der Waals surface area contributed by atoms with Gasteiger partial charge in [0.05, 0.1) is 5.69 Å². The number of aromatic nitrogens is 1. The largest absolute Gasteiger partial charge is 0.484 e. The second-order valence-electron chi connectivity index (χ2n) is 3.50. The second kappa shape index (κ2) is 5.42. The number of nitrogen functional groups attached to an aromatic ring is 1. The molecule has 94 valence electrons. The molecule has 4 nitrogen and oxygen atoms in total. The maximum absolute atomic E-state index is 13.3. The Labute approximate surface area is 102 Å². The van der Waals surface area contributed by atoms with Crippen LogP contribution in [0, 0.1) is 11.6 Å². The van der Waals surface area contributed by atoms with Crippen molar-refractivity contribution in [1.82, 2.24) is 4.98 Å². The first-order chi connectivity index (χ1) is 8.70. The Hall–Kier alpha value is -2.21. The smallest absolute Gasteiger partial charge is 0.200 e. The van der Waals surface area contributed by atoms with E-state index in [1.165, 1.54) is 12.1 Å². The molecule has 0 amide bonds. The summed E-state index contributed by atoms with van der Waals surface area (Å²) in [6.45, 7) is 0.0237. The number of rotatable bonds is 4. The summed E-state index contributed by atoms with van der Waals surface area (Å²) in [5, 5.41) is 0. The van der Waals surface area contributed by atoms with Crippen molar-refractivity contribution in [2.24, 2.45) is 5.84 Å². The van der Waals surface area contributed by atoms with Gasteiger partial charge < -0.3 is 10.2 Å². The fourth-order valence-corrected chi connectivity index (χ4v) is 1.39. The zero-order chi connectivity index (χ0) is 13.0. The maximum Gasteiger partial charge on any atom is 0.200 e. The molecule has 0 atom stereocenters. The third-order valence-electron chi connectivity index (χ3n) is 2.25. The predicted octanol–water partition coefficient (Wildman–Crippen LogP) is 2.22. The lowest BCUT2D eigenvalue weighted by Crippen LogP contribution is -2.10. The Morgan fingerprint density at radius 2 is 1.94 bits per heavy atom. The highest BCUT2D eigenvalue weighted by molar-refractivity contribution is 5.33. The maximum atomic E-state index is 13.3. The van der Waals surface area contributed by atoms with Gasteiger partial charge in [0, 0.05) is 0 Å². The first-order valence-electron chi connectivity index (χ1n) is 5.20. The zero-order valence-electron chi connectivity index (χ0n) is 9.36. The Kier molecular flexibility index (Phi) is 3.69. The van der Waals surface area contributed by atoms with Crippen LogP contribution in [0.3, 0.4) is 0 Å². The van der Waals surface area contributed by atoms with E-state index in [1.807, 2.05) is 0 Å². The fourth-order valence-electron chi connectivity index (χ4n) is 1.39. The van der Waals surface area contributed by atoms with Crippen molar-refractivity contribution < 1.29 is 13.5 Å². The van der Waals surface area contributed by atoms with Crippen LogP contribution in [0.5, 0.6) is 5.75 Å². The molecule has 0 aliphatic heterocycles. The number of nitrogens with two attached hydrogens (primary N) is 1. The minimum Gasteiger partial charge on any atom is -0.484 e. The summed E-state index contributed by atoms with van der Waals surface area (Å²) in [5.41, 5.74) is 2.94. The van der Waals surface area contributed by atoms with Crippen molar-refractivity contribution in [2.75, 3.05) is 5.43 Å². The highest BCUT2D eigenvalue weighted by atomic mass is 19.2. The monoisotopic (exact) mass is 251 g/mol. The fraction of sp³-hybridized carbons (Fsp3) is 0.0833. The summed E-state index contributed by atoms with van der Waals surface area (Å²) < 4.78 is 31.4. The van der Waals surface area contributed by atoms with Crippen LogP contribution in [-0.4, -0.2) is 4.98 Å². The molecular weight excluding hydrogens is 240 g/mol. The molecule has 2 aromatic rings. The first kappa shape index (κ1) is 12.3. The van der Waals surface area contributed by atoms with E-state index in [-0.39, 0.29) is 12.4 Å². The van der Waals surface area contributed by atoms with Gasteiger partial charge in [-0.2, -0.15) is 4.39 Å². The van der Waals surface area contributed by atoms with Gasteiger partial charge in [0.25, 0.3) is 0 Å². The SMILES string of the molecule is NNc1cccc(COc2cccc(F)c2F)n1. The number of hydrogen-bond acceptors (Lipinski definition) is 4. The quantitative estimate of drug-likeness (QED) is 0.646. The number of nitrogens with one attached hydrogen (secondary N) is 1. The number of hydrazine groups is 1. The Morgan fingerprint density at radius 1 is 1.17 bits per heavy atom. The lowest BCUT2D eigenvalue weighted by molar-refractivity contribution is 0.280. The van der Waals surface area contributed by atoms with Crippen LogP contribution in [0.25, 0.3) is 0 Å². The van der Waals surface area contributed by atoms with Crippen molar-refractivity contribution in [2.45, 2.75) is 6.61 Å². The van der Waals surface area contributed by atoms with Gasteiger partial charge in [0.2, 0.25) is 5.82 Å². The van der Waals surface area contributed by atoms with E-state index in [9.17, 15) is 8.78 Å². The number of nitrogens with zero attached hydrogens (tertiary/aromatic N) is 1. The molecule has 1 heterocycles. The lowest BCUT2D eigenvalue weighted by atomic mass is 10.3. The van der Waals surface area contributed by atoms with Crippen LogP contribution in [0.4, 0.5) is 14.6 Å². The summed E-state index contributed by atoms with van der Waals surface area (Å²) in [5.74, 6) is 3.57. The summed E-state index contributed by atoms with van der Waals surface area (Å²) in [6, 6.07) is 8.84. The number of benzene rings is 1. The van der Waals surface area contributed by atoms with Crippen LogP contribution in [0.2, 0.25) is 0 Å². The Balaban J connectivity index is 2.09. The third-order valence-corrected chi connectivity index (χ3v) is 2.25. The topological polar surface area (TPSA) is 60.2 Å². The number of halogens is 2. The van der Waals surface area contributed by atoms with Gasteiger partial charge in [0.15, 0.2) is 11.6 Å². The molecule has 1 aromatic heterocycles. The van der Waals surface area contributed by atoms with Crippen LogP contribution in [0.15, 0.2) is 36.4 Å². The van der Waals surface area contributed by atoms with Crippen LogP contribution < -0.4 is 16.0 Å². The molecule has 0 unspecified atom stereocenters. The van der Waals surface area contributed by atoms with E-state index in [4.69, 9.17) is 10.6 Å². The standard InChI is InChI=1S/C12H11F2N3O/c13-9-4-2-5-10(12(9)14)18-7-8-3-1-6-11(16-8)17-15/h1-6H,7,15H2,(H,16,17). The van der Waals surface area contributed by atoms with Crippen molar-refractivity contribution in [3.63, 3.8) is 0 Å². The average molecular weight is 251 g/mol. The Morgan fingerprint density at radius 3 is 2.72 bits per heavy atom. The normalized spacial score (nSPS) is 10.2. The summed E-state index contributed by atoms with van der Waals surface area (Å²) >= 11 is 0. The zero-order valence-corrected chi connectivity index (χ0v) is 9.36. The van der Waals surface area contributed by atoms with Crippen molar-refractivity contribution >= 4 is 5.82 Å². The van der Waals surface area contributed by atoms with Crippen molar-refractivity contribution in [3.05, 3.63) is 53.7 Å². The van der Waals surface area contributed by atoms with Crippen LogP contribution in [-0.2, 0) is 6.61 Å². The number of hydrogen-bond donors (Lipinski definition) is 2. The van der Waals surface area contributed by atoms with Gasteiger partial charge in [-0.15, -0.1) is 0 Å². The lowest BCUT2D eigenvalue weighted by Gasteiger charge is -2.08. The first-order valence-corrected chi connectivity index (χ1v) is 5.20. The van der Waals surface area contributed by atoms with E-state index < -0.39 is 11.6 Å². The van der Waals surface area contributed by atoms with E-state index in [0.29, 0.717) is 11.5 Å². The van der Waals surface area contributed by atoms with Gasteiger partial charge in [-0.3, -0.25) is 0 Å². The third kappa shape index (κ3) is 2.72. The summed E-state index contributed by atoms with van der Waals surface area (Å²) in [7, 11) is 0. The molecule has 2 rings (SSSR count).